The van der Waals surface area contributed by atoms with E-state index in [0.717, 1.165) is 34.0 Å². The van der Waals surface area contributed by atoms with Crippen LogP contribution in [-0.2, 0) is 11.3 Å². The molecule has 4 nitrogen and oxygen atoms in total. The smallest absolute Gasteiger partial charge is 0.266 e. The molecule has 1 aliphatic heterocycles. The molecule has 3 aromatic carbocycles. The number of carbonyl (C=O) groups is 1. The third-order valence-corrected chi connectivity index (χ3v) is 7.30. The van der Waals surface area contributed by atoms with Gasteiger partial charge in [-0.2, -0.15) is 0 Å². The normalized spacial score (nSPS) is 16.4. The predicted octanol–water partition coefficient (Wildman–Crippen LogP) is 7.32. The highest BCUT2D eigenvalue weighted by atomic mass is 32.2. The first kappa shape index (κ1) is 23.2. The summed E-state index contributed by atoms with van der Waals surface area (Å²) in [7, 11) is 0. The molecule has 0 bridgehead atoms. The standard InChI is InChI=1S/C30H29N3OS/c1-20(2)33-29(34)28(35-30(33)31-24-13-6-5-7-14-24)18-26-22(4)32(27-16-9-8-15-25(26)27)19-23-12-10-11-21(3)17-23/h5-18,20H,19H2,1-4H3/b28-18+,31-30?. The predicted molar refractivity (Wildman–Crippen MR) is 148 cm³/mol. The summed E-state index contributed by atoms with van der Waals surface area (Å²) in [5.41, 5.74) is 6.79. The molecular weight excluding hydrogens is 450 g/mol. The van der Waals surface area contributed by atoms with Crippen LogP contribution in [0.4, 0.5) is 5.69 Å². The van der Waals surface area contributed by atoms with Crippen LogP contribution in [0.3, 0.4) is 0 Å². The van der Waals surface area contributed by atoms with Crippen LogP contribution in [0.2, 0.25) is 0 Å². The Morgan fingerprint density at radius 3 is 2.43 bits per heavy atom. The van der Waals surface area contributed by atoms with Crippen LogP contribution >= 0.6 is 11.8 Å². The maximum Gasteiger partial charge on any atom is 0.266 e. The van der Waals surface area contributed by atoms with Crippen molar-refractivity contribution >= 4 is 45.5 Å². The van der Waals surface area contributed by atoms with Gasteiger partial charge < -0.3 is 4.57 Å². The van der Waals surface area contributed by atoms with Gasteiger partial charge in [0.1, 0.15) is 0 Å². The summed E-state index contributed by atoms with van der Waals surface area (Å²) in [5.74, 6) is 0.00889. The molecule has 0 radical (unpaired) electrons. The summed E-state index contributed by atoms with van der Waals surface area (Å²) in [4.78, 5) is 20.8. The van der Waals surface area contributed by atoms with Crippen molar-refractivity contribution in [3.63, 3.8) is 0 Å². The molecule has 0 saturated carbocycles. The van der Waals surface area contributed by atoms with Crippen LogP contribution in [0.5, 0.6) is 0 Å². The van der Waals surface area contributed by atoms with E-state index in [-0.39, 0.29) is 11.9 Å². The van der Waals surface area contributed by atoms with Crippen LogP contribution in [0.25, 0.3) is 17.0 Å². The number of fused-ring (bicyclic) bond motifs is 1. The van der Waals surface area contributed by atoms with Crippen molar-refractivity contribution in [1.29, 1.82) is 0 Å². The molecule has 35 heavy (non-hydrogen) atoms. The van der Waals surface area contributed by atoms with E-state index < -0.39 is 0 Å². The van der Waals surface area contributed by atoms with Gasteiger partial charge in [-0.05, 0) is 69.3 Å². The second-order valence-electron chi connectivity index (χ2n) is 9.20. The quantitative estimate of drug-likeness (QED) is 0.281. The average molecular weight is 480 g/mol. The summed E-state index contributed by atoms with van der Waals surface area (Å²) >= 11 is 1.46. The lowest BCUT2D eigenvalue weighted by atomic mass is 10.1. The Labute approximate surface area is 211 Å². The number of para-hydroxylation sites is 2. The van der Waals surface area contributed by atoms with E-state index in [1.807, 2.05) is 44.2 Å². The number of aryl methyl sites for hydroxylation is 1. The highest BCUT2D eigenvalue weighted by molar-refractivity contribution is 8.18. The topological polar surface area (TPSA) is 37.6 Å². The summed E-state index contributed by atoms with van der Waals surface area (Å²) in [6, 6.07) is 26.9. The number of benzene rings is 3. The van der Waals surface area contributed by atoms with Gasteiger partial charge in [0.25, 0.3) is 5.91 Å². The number of hydrogen-bond donors (Lipinski definition) is 0. The molecule has 0 unspecified atom stereocenters. The van der Waals surface area contributed by atoms with E-state index >= 15 is 0 Å². The van der Waals surface area contributed by atoms with E-state index in [2.05, 4.69) is 73.0 Å². The van der Waals surface area contributed by atoms with Crippen LogP contribution in [0.1, 0.15) is 36.2 Å². The molecule has 1 saturated heterocycles. The molecule has 1 aliphatic rings. The fourth-order valence-electron chi connectivity index (χ4n) is 4.60. The lowest BCUT2D eigenvalue weighted by molar-refractivity contribution is -0.123. The van der Waals surface area contributed by atoms with Gasteiger partial charge in [-0.1, -0.05) is 66.2 Å². The Kier molecular flexibility index (Phi) is 6.35. The van der Waals surface area contributed by atoms with Crippen molar-refractivity contribution in [2.75, 3.05) is 0 Å². The first-order chi connectivity index (χ1) is 16.9. The highest BCUT2D eigenvalue weighted by Crippen LogP contribution is 2.38. The molecule has 4 aromatic rings. The van der Waals surface area contributed by atoms with Crippen molar-refractivity contribution < 1.29 is 4.79 Å². The van der Waals surface area contributed by atoms with Crippen LogP contribution in [0, 0.1) is 13.8 Å². The van der Waals surface area contributed by atoms with E-state index in [4.69, 9.17) is 4.99 Å². The summed E-state index contributed by atoms with van der Waals surface area (Å²) < 4.78 is 2.35. The SMILES string of the molecule is Cc1cccc(Cn2c(C)c(/C=C3/SC(=Nc4ccccc4)N(C(C)C)C3=O)c3ccccc32)c1. The molecule has 0 N–H and O–H groups in total. The van der Waals surface area contributed by atoms with E-state index in [0.29, 0.717) is 4.91 Å². The zero-order valence-corrected chi connectivity index (χ0v) is 21.3. The third kappa shape index (κ3) is 4.56. The number of aliphatic imine (C=N–C) groups is 1. The average Bonchev–Trinajstić information content (AvgIpc) is 3.29. The molecule has 5 heteroatoms. The van der Waals surface area contributed by atoms with Gasteiger partial charge in [0.2, 0.25) is 0 Å². The van der Waals surface area contributed by atoms with Crippen LogP contribution < -0.4 is 0 Å². The fraction of sp³-hybridized carbons (Fsp3) is 0.200. The molecule has 176 valence electrons. The van der Waals surface area contributed by atoms with Gasteiger partial charge in [-0.15, -0.1) is 0 Å². The largest absolute Gasteiger partial charge is 0.340 e. The number of amidine groups is 1. The number of thioether (sulfide) groups is 1. The molecule has 1 amide bonds. The molecular formula is C30H29N3OS. The minimum atomic E-state index is 0.00889. The number of carbonyl (C=O) groups excluding carboxylic acids is 1. The van der Waals surface area contributed by atoms with Gasteiger partial charge in [0, 0.05) is 34.7 Å². The zero-order chi connectivity index (χ0) is 24.5. The fourth-order valence-corrected chi connectivity index (χ4v) is 5.70. The molecule has 1 fully saturated rings. The Morgan fingerprint density at radius 1 is 0.943 bits per heavy atom. The van der Waals surface area contributed by atoms with Crippen molar-refractivity contribution in [3.05, 3.63) is 106 Å². The molecule has 0 spiro atoms. The summed E-state index contributed by atoms with van der Waals surface area (Å²) in [5, 5.41) is 1.88. The monoisotopic (exact) mass is 479 g/mol. The Bertz CT molecular complexity index is 1460. The molecule has 1 aromatic heterocycles. The Balaban J connectivity index is 1.58. The number of amides is 1. The second kappa shape index (κ2) is 9.59. The Morgan fingerprint density at radius 2 is 1.69 bits per heavy atom. The summed E-state index contributed by atoms with van der Waals surface area (Å²) in [6.07, 6.45) is 2.06. The zero-order valence-electron chi connectivity index (χ0n) is 20.5. The van der Waals surface area contributed by atoms with Crippen molar-refractivity contribution in [3.8, 4) is 0 Å². The van der Waals surface area contributed by atoms with Gasteiger partial charge >= 0.3 is 0 Å². The van der Waals surface area contributed by atoms with E-state index in [1.54, 1.807) is 4.90 Å². The molecule has 5 rings (SSSR count). The van der Waals surface area contributed by atoms with Crippen LogP contribution in [-0.4, -0.2) is 26.6 Å². The van der Waals surface area contributed by atoms with Gasteiger partial charge in [0.15, 0.2) is 5.17 Å². The minimum Gasteiger partial charge on any atom is -0.340 e. The number of nitrogens with zero attached hydrogens (tertiary/aromatic N) is 3. The first-order valence-corrected chi connectivity index (χ1v) is 12.7. The minimum absolute atomic E-state index is 0.00889. The molecule has 2 heterocycles. The highest BCUT2D eigenvalue weighted by Gasteiger charge is 2.35. The van der Waals surface area contributed by atoms with Crippen molar-refractivity contribution in [1.82, 2.24) is 9.47 Å². The lowest BCUT2D eigenvalue weighted by Crippen LogP contribution is -2.35. The number of hydrogen-bond acceptors (Lipinski definition) is 3. The Hall–Kier alpha value is -3.57. The van der Waals surface area contributed by atoms with Crippen molar-refractivity contribution in [2.45, 2.75) is 40.3 Å². The molecule has 0 aliphatic carbocycles. The first-order valence-electron chi connectivity index (χ1n) is 11.9. The third-order valence-electron chi connectivity index (χ3n) is 6.31. The number of aromatic nitrogens is 1. The maximum atomic E-state index is 13.5. The van der Waals surface area contributed by atoms with Crippen LogP contribution in [0.15, 0.2) is 88.8 Å². The lowest BCUT2D eigenvalue weighted by Gasteiger charge is -2.19. The van der Waals surface area contributed by atoms with Gasteiger partial charge in [-0.25, -0.2) is 4.99 Å². The van der Waals surface area contributed by atoms with E-state index in [1.165, 1.54) is 28.4 Å². The van der Waals surface area contributed by atoms with Gasteiger partial charge in [0.05, 0.1) is 10.6 Å². The second-order valence-corrected chi connectivity index (χ2v) is 10.2. The number of rotatable bonds is 5. The summed E-state index contributed by atoms with van der Waals surface area (Å²) in [6.45, 7) is 9.11. The van der Waals surface area contributed by atoms with Gasteiger partial charge in [-0.3, -0.25) is 9.69 Å². The maximum absolute atomic E-state index is 13.5. The molecule has 0 atom stereocenters. The van der Waals surface area contributed by atoms with Crippen molar-refractivity contribution in [2.24, 2.45) is 4.99 Å². The van der Waals surface area contributed by atoms with E-state index in [9.17, 15) is 4.79 Å².